The molecule has 0 bridgehead atoms. The van der Waals surface area contributed by atoms with Crippen molar-refractivity contribution in [2.75, 3.05) is 6.61 Å². The number of aliphatic hydroxyl groups excluding tert-OH is 1. The molecule has 1 saturated heterocycles. The van der Waals surface area contributed by atoms with Crippen molar-refractivity contribution in [3.8, 4) is 0 Å². The number of carbonyl (C=O) groups is 2. The molecule has 0 aromatic heterocycles. The van der Waals surface area contributed by atoms with Gasteiger partial charge in [0, 0.05) is 0 Å². The van der Waals surface area contributed by atoms with Crippen LogP contribution in [-0.4, -0.2) is 34.5 Å². The Morgan fingerprint density at radius 1 is 1.15 bits per heavy atom. The van der Waals surface area contributed by atoms with Crippen molar-refractivity contribution in [1.82, 2.24) is 4.90 Å². The summed E-state index contributed by atoms with van der Waals surface area (Å²) < 4.78 is 0. The second-order valence-corrected chi connectivity index (χ2v) is 6.35. The average molecular weight is 273 g/mol. The minimum absolute atomic E-state index is 0.111. The molecule has 1 saturated carbocycles. The molecule has 3 atom stereocenters. The fourth-order valence-electron chi connectivity index (χ4n) is 3.45. The summed E-state index contributed by atoms with van der Waals surface area (Å²) >= 11 is 0. The van der Waals surface area contributed by atoms with Gasteiger partial charge in [0.25, 0.3) is 0 Å². The summed E-state index contributed by atoms with van der Waals surface area (Å²) in [4.78, 5) is 26.0. The first-order valence-corrected chi connectivity index (χ1v) is 7.00. The van der Waals surface area contributed by atoms with Gasteiger partial charge in [-0.15, -0.1) is 0 Å². The zero-order chi connectivity index (χ0) is 14.5. The van der Waals surface area contributed by atoms with Gasteiger partial charge in [-0.3, -0.25) is 14.5 Å². The van der Waals surface area contributed by atoms with Crippen LogP contribution in [0.25, 0.3) is 0 Å². The molecule has 3 rings (SSSR count). The van der Waals surface area contributed by atoms with Crippen molar-refractivity contribution < 1.29 is 14.7 Å². The highest BCUT2D eigenvalue weighted by atomic mass is 16.3. The number of fused-ring (bicyclic) bond motifs is 1. The first-order chi connectivity index (χ1) is 9.48. The summed E-state index contributed by atoms with van der Waals surface area (Å²) in [6.07, 6.45) is 0.509. The van der Waals surface area contributed by atoms with Gasteiger partial charge in [0.15, 0.2) is 0 Å². The number of piperidine rings is 1. The number of imide groups is 1. The van der Waals surface area contributed by atoms with Crippen molar-refractivity contribution in [1.29, 1.82) is 0 Å². The molecular weight excluding hydrogens is 254 g/mol. The minimum Gasteiger partial charge on any atom is -0.394 e. The Labute approximate surface area is 118 Å². The van der Waals surface area contributed by atoms with Gasteiger partial charge < -0.3 is 5.11 Å². The number of carbonyl (C=O) groups excluding carboxylic acids is 2. The van der Waals surface area contributed by atoms with Gasteiger partial charge in [0.1, 0.15) is 0 Å². The lowest BCUT2D eigenvalue weighted by Crippen LogP contribution is -2.46. The number of rotatable bonds is 4. The summed E-state index contributed by atoms with van der Waals surface area (Å²) in [5, 5.41) is 9.57. The number of aliphatic hydroxyl groups is 1. The molecule has 1 N–H and O–H groups in total. The Balaban J connectivity index is 1.78. The van der Waals surface area contributed by atoms with Crippen LogP contribution >= 0.6 is 0 Å². The van der Waals surface area contributed by atoms with Crippen LogP contribution in [-0.2, 0) is 16.0 Å². The molecule has 2 unspecified atom stereocenters. The maximum atomic E-state index is 12.4. The Hall–Kier alpha value is -1.68. The normalized spacial score (nSPS) is 28.4. The molecule has 1 aliphatic heterocycles. The van der Waals surface area contributed by atoms with Gasteiger partial charge in [-0.1, -0.05) is 44.2 Å². The highest BCUT2D eigenvalue weighted by molar-refractivity contribution is 6.10. The van der Waals surface area contributed by atoms with Gasteiger partial charge >= 0.3 is 0 Å². The molecule has 1 aromatic carbocycles. The van der Waals surface area contributed by atoms with Gasteiger partial charge in [-0.2, -0.15) is 0 Å². The second kappa shape index (κ2) is 4.42. The van der Waals surface area contributed by atoms with Crippen LogP contribution in [0.1, 0.15) is 19.4 Å². The Kier molecular flexibility index (Phi) is 2.94. The van der Waals surface area contributed by atoms with Crippen molar-refractivity contribution in [2.24, 2.45) is 17.3 Å². The van der Waals surface area contributed by atoms with E-state index in [9.17, 15) is 14.7 Å². The average Bonchev–Trinajstić information content (AvgIpc) is 2.89. The van der Waals surface area contributed by atoms with Crippen molar-refractivity contribution >= 4 is 11.8 Å². The Bertz CT molecular complexity index is 528. The molecule has 1 aromatic rings. The highest BCUT2D eigenvalue weighted by Crippen LogP contribution is 2.63. The minimum atomic E-state index is -0.444. The summed E-state index contributed by atoms with van der Waals surface area (Å²) in [7, 11) is 0. The van der Waals surface area contributed by atoms with E-state index < -0.39 is 6.04 Å². The van der Waals surface area contributed by atoms with Crippen molar-refractivity contribution in [3.05, 3.63) is 35.9 Å². The zero-order valence-electron chi connectivity index (χ0n) is 11.7. The molecule has 106 valence electrons. The van der Waals surface area contributed by atoms with Gasteiger partial charge in [0.05, 0.1) is 24.5 Å². The molecule has 1 aliphatic carbocycles. The zero-order valence-corrected chi connectivity index (χ0v) is 11.7. The van der Waals surface area contributed by atoms with E-state index in [2.05, 4.69) is 0 Å². The fraction of sp³-hybridized carbons (Fsp3) is 0.500. The van der Waals surface area contributed by atoms with E-state index in [1.165, 1.54) is 4.90 Å². The monoisotopic (exact) mass is 273 g/mol. The smallest absolute Gasteiger partial charge is 0.234 e. The largest absolute Gasteiger partial charge is 0.394 e. The second-order valence-electron chi connectivity index (χ2n) is 6.35. The molecule has 20 heavy (non-hydrogen) atoms. The van der Waals surface area contributed by atoms with Crippen LogP contribution in [0.3, 0.4) is 0 Å². The number of hydrogen-bond donors (Lipinski definition) is 1. The lowest BCUT2D eigenvalue weighted by Gasteiger charge is -2.28. The number of nitrogens with zero attached hydrogens (tertiary/aromatic N) is 1. The van der Waals surface area contributed by atoms with Gasteiger partial charge in [-0.25, -0.2) is 0 Å². The van der Waals surface area contributed by atoms with E-state index in [0.29, 0.717) is 6.42 Å². The predicted octanol–water partition coefficient (Wildman–Crippen LogP) is 1.23. The van der Waals surface area contributed by atoms with E-state index in [1.54, 1.807) is 0 Å². The van der Waals surface area contributed by atoms with E-state index >= 15 is 0 Å². The van der Waals surface area contributed by atoms with E-state index in [4.69, 9.17) is 0 Å². The molecular formula is C16H19NO3. The van der Waals surface area contributed by atoms with E-state index in [0.717, 1.165) is 5.56 Å². The summed E-state index contributed by atoms with van der Waals surface area (Å²) in [6, 6.07) is 9.19. The molecule has 1 heterocycles. The number of amides is 2. The summed E-state index contributed by atoms with van der Waals surface area (Å²) in [5.41, 5.74) is 0.823. The molecule has 2 fully saturated rings. The lowest BCUT2D eigenvalue weighted by atomic mass is 10.0. The van der Waals surface area contributed by atoms with Crippen LogP contribution in [0.2, 0.25) is 0 Å². The quantitative estimate of drug-likeness (QED) is 0.839. The van der Waals surface area contributed by atoms with E-state index in [-0.39, 0.29) is 35.7 Å². The lowest BCUT2D eigenvalue weighted by molar-refractivity contribution is -0.146. The van der Waals surface area contributed by atoms with Crippen molar-refractivity contribution in [2.45, 2.75) is 26.3 Å². The Morgan fingerprint density at radius 2 is 1.70 bits per heavy atom. The van der Waals surface area contributed by atoms with Crippen LogP contribution < -0.4 is 0 Å². The molecule has 2 amide bonds. The third-order valence-electron chi connectivity index (χ3n) is 4.72. The maximum absolute atomic E-state index is 12.4. The third-order valence-corrected chi connectivity index (χ3v) is 4.72. The van der Waals surface area contributed by atoms with Gasteiger partial charge in [0.2, 0.25) is 11.8 Å². The van der Waals surface area contributed by atoms with Crippen LogP contribution in [0, 0.1) is 17.3 Å². The third kappa shape index (κ3) is 1.79. The molecule has 0 spiro atoms. The van der Waals surface area contributed by atoms with Crippen LogP contribution in [0.5, 0.6) is 0 Å². The first kappa shape index (κ1) is 13.3. The number of benzene rings is 1. The molecule has 4 heteroatoms. The first-order valence-electron chi connectivity index (χ1n) is 7.00. The molecule has 0 radical (unpaired) electrons. The summed E-state index contributed by atoms with van der Waals surface area (Å²) in [6.45, 7) is 3.73. The topological polar surface area (TPSA) is 57.6 Å². The SMILES string of the molecule is CC1(C)C2C(=O)N([C@@H](CO)Cc3ccccc3)C(=O)C21. The number of likely N-dealkylation sites (tertiary alicyclic amines) is 1. The summed E-state index contributed by atoms with van der Waals surface area (Å²) in [5.74, 6) is -0.584. The highest BCUT2D eigenvalue weighted by Gasteiger charge is 2.73. The molecule has 4 nitrogen and oxygen atoms in total. The van der Waals surface area contributed by atoms with Crippen LogP contribution in [0.15, 0.2) is 30.3 Å². The van der Waals surface area contributed by atoms with E-state index in [1.807, 2.05) is 44.2 Å². The maximum Gasteiger partial charge on any atom is 0.234 e. The fourth-order valence-corrected chi connectivity index (χ4v) is 3.45. The number of hydrogen-bond acceptors (Lipinski definition) is 3. The van der Waals surface area contributed by atoms with Gasteiger partial charge in [-0.05, 0) is 17.4 Å². The van der Waals surface area contributed by atoms with Crippen LogP contribution in [0.4, 0.5) is 0 Å². The van der Waals surface area contributed by atoms with Crippen molar-refractivity contribution in [3.63, 3.8) is 0 Å². The standard InChI is InChI=1S/C16H19NO3/c1-16(2)12-13(16)15(20)17(14(12)19)11(9-18)8-10-6-4-3-5-7-10/h3-7,11-13,18H,8-9H2,1-2H3/t11-,12?,13?/m1/s1. The predicted molar refractivity (Wildman–Crippen MR) is 73.6 cm³/mol. The molecule has 2 aliphatic rings. The Morgan fingerprint density at radius 3 is 2.20 bits per heavy atom.